The topological polar surface area (TPSA) is 53.1 Å². The van der Waals surface area contributed by atoms with Crippen molar-refractivity contribution in [3.05, 3.63) is 54.2 Å². The SMILES string of the molecule is COc1ccc(Cn2ncc3cc(N)ccc32)cc1.Cl.Cl.Cl. The first-order valence-electron chi connectivity index (χ1n) is 6.10. The summed E-state index contributed by atoms with van der Waals surface area (Å²) in [6, 6.07) is 13.8. The van der Waals surface area contributed by atoms with E-state index in [1.54, 1.807) is 7.11 Å². The second-order valence-corrected chi connectivity index (χ2v) is 4.47. The Balaban J connectivity index is 0.00000147. The average Bonchev–Trinajstić information content (AvgIpc) is 2.82. The number of nitrogens with two attached hydrogens (primary N) is 1. The van der Waals surface area contributed by atoms with Gasteiger partial charge in [-0.2, -0.15) is 5.10 Å². The lowest BCUT2D eigenvalue weighted by molar-refractivity contribution is 0.414. The molecule has 1 heterocycles. The summed E-state index contributed by atoms with van der Waals surface area (Å²) in [5.41, 5.74) is 8.80. The molecule has 0 saturated carbocycles. The smallest absolute Gasteiger partial charge is 0.118 e. The molecule has 0 amide bonds. The van der Waals surface area contributed by atoms with E-state index in [2.05, 4.69) is 5.10 Å². The minimum atomic E-state index is 0. The molecule has 0 aliphatic rings. The Morgan fingerprint density at radius 1 is 1.05 bits per heavy atom. The molecule has 0 atom stereocenters. The van der Waals surface area contributed by atoms with Gasteiger partial charge in [-0.15, -0.1) is 37.2 Å². The van der Waals surface area contributed by atoms with E-state index in [-0.39, 0.29) is 37.2 Å². The first-order chi connectivity index (χ1) is 9.26. The van der Waals surface area contributed by atoms with Crippen LogP contribution in [0.25, 0.3) is 10.9 Å². The Morgan fingerprint density at radius 2 is 1.73 bits per heavy atom. The Labute approximate surface area is 147 Å². The lowest BCUT2D eigenvalue weighted by Gasteiger charge is -2.05. The summed E-state index contributed by atoms with van der Waals surface area (Å²) in [5.74, 6) is 0.863. The van der Waals surface area contributed by atoms with Crippen molar-refractivity contribution in [2.24, 2.45) is 0 Å². The van der Waals surface area contributed by atoms with Gasteiger partial charge >= 0.3 is 0 Å². The lowest BCUT2D eigenvalue weighted by atomic mass is 10.2. The van der Waals surface area contributed by atoms with Crippen molar-refractivity contribution >= 4 is 53.8 Å². The van der Waals surface area contributed by atoms with E-state index in [1.807, 2.05) is 53.3 Å². The molecular weight excluding hydrogens is 345 g/mol. The van der Waals surface area contributed by atoms with Crippen LogP contribution in [-0.4, -0.2) is 16.9 Å². The van der Waals surface area contributed by atoms with Crippen molar-refractivity contribution in [1.82, 2.24) is 9.78 Å². The molecule has 7 heteroatoms. The zero-order valence-corrected chi connectivity index (χ0v) is 14.4. The largest absolute Gasteiger partial charge is 0.497 e. The van der Waals surface area contributed by atoms with E-state index >= 15 is 0 Å². The van der Waals surface area contributed by atoms with Crippen LogP contribution in [0.2, 0.25) is 0 Å². The van der Waals surface area contributed by atoms with Crippen LogP contribution >= 0.6 is 37.2 Å². The molecule has 0 spiro atoms. The van der Waals surface area contributed by atoms with Crippen LogP contribution in [0.5, 0.6) is 5.75 Å². The molecule has 1 aromatic heterocycles. The highest BCUT2D eigenvalue weighted by atomic mass is 35.5. The van der Waals surface area contributed by atoms with Gasteiger partial charge < -0.3 is 10.5 Å². The third-order valence-corrected chi connectivity index (χ3v) is 3.16. The third-order valence-electron chi connectivity index (χ3n) is 3.16. The number of nitrogens with zero attached hydrogens (tertiary/aromatic N) is 2. The molecule has 0 aliphatic carbocycles. The second-order valence-electron chi connectivity index (χ2n) is 4.47. The molecule has 3 aromatic rings. The number of fused-ring (bicyclic) bond motifs is 1. The van der Waals surface area contributed by atoms with Gasteiger partial charge in [0.25, 0.3) is 0 Å². The predicted molar refractivity (Wildman–Crippen MR) is 98.0 cm³/mol. The number of rotatable bonds is 3. The van der Waals surface area contributed by atoms with Crippen LogP contribution in [-0.2, 0) is 6.54 Å². The predicted octanol–water partition coefficient (Wildman–Crippen LogP) is 3.94. The molecule has 2 N–H and O–H groups in total. The fraction of sp³-hybridized carbons (Fsp3) is 0.133. The van der Waals surface area contributed by atoms with Crippen LogP contribution in [0.3, 0.4) is 0 Å². The summed E-state index contributed by atoms with van der Waals surface area (Å²) < 4.78 is 7.12. The van der Waals surface area contributed by atoms with Crippen LogP contribution in [0.4, 0.5) is 5.69 Å². The van der Waals surface area contributed by atoms with Crippen molar-refractivity contribution in [2.45, 2.75) is 6.54 Å². The fourth-order valence-corrected chi connectivity index (χ4v) is 2.14. The van der Waals surface area contributed by atoms with Crippen molar-refractivity contribution in [1.29, 1.82) is 0 Å². The van der Waals surface area contributed by atoms with Crippen LogP contribution in [0.1, 0.15) is 5.56 Å². The highest BCUT2D eigenvalue weighted by molar-refractivity contribution is 5.86. The molecular formula is C15H18Cl3N3O. The van der Waals surface area contributed by atoms with Gasteiger partial charge in [0.1, 0.15) is 5.75 Å². The summed E-state index contributed by atoms with van der Waals surface area (Å²) >= 11 is 0. The number of methoxy groups -OCH3 is 1. The van der Waals surface area contributed by atoms with Crippen molar-refractivity contribution < 1.29 is 4.74 Å². The maximum Gasteiger partial charge on any atom is 0.118 e. The molecule has 0 aliphatic heterocycles. The van der Waals surface area contributed by atoms with Gasteiger partial charge in [-0.1, -0.05) is 12.1 Å². The Morgan fingerprint density at radius 3 is 2.36 bits per heavy atom. The van der Waals surface area contributed by atoms with E-state index in [0.717, 1.165) is 28.9 Å². The van der Waals surface area contributed by atoms with Crippen LogP contribution in [0.15, 0.2) is 48.7 Å². The van der Waals surface area contributed by atoms with Gasteiger partial charge in [0.15, 0.2) is 0 Å². The Bertz CT molecular complexity index is 714. The minimum absolute atomic E-state index is 0. The first kappa shape index (κ1) is 20.4. The number of ether oxygens (including phenoxy) is 1. The molecule has 2 aromatic carbocycles. The molecule has 0 saturated heterocycles. The maximum atomic E-state index is 5.77. The number of anilines is 1. The van der Waals surface area contributed by atoms with Crippen LogP contribution in [0, 0.1) is 0 Å². The van der Waals surface area contributed by atoms with E-state index in [1.165, 1.54) is 5.56 Å². The monoisotopic (exact) mass is 361 g/mol. The van der Waals surface area contributed by atoms with Gasteiger partial charge in [0, 0.05) is 11.1 Å². The van der Waals surface area contributed by atoms with Crippen LogP contribution < -0.4 is 10.5 Å². The molecule has 4 nitrogen and oxygen atoms in total. The summed E-state index contributed by atoms with van der Waals surface area (Å²) in [6.45, 7) is 0.734. The molecule has 0 radical (unpaired) electrons. The van der Waals surface area contributed by atoms with E-state index < -0.39 is 0 Å². The van der Waals surface area contributed by atoms with Gasteiger partial charge in [0.05, 0.1) is 25.4 Å². The minimum Gasteiger partial charge on any atom is -0.497 e. The molecule has 0 bridgehead atoms. The summed E-state index contributed by atoms with van der Waals surface area (Å²) in [7, 11) is 1.67. The van der Waals surface area contributed by atoms with Crippen molar-refractivity contribution in [3.8, 4) is 5.75 Å². The molecule has 3 rings (SSSR count). The number of nitrogen functional groups attached to an aromatic ring is 1. The maximum absolute atomic E-state index is 5.77. The summed E-state index contributed by atoms with van der Waals surface area (Å²) in [4.78, 5) is 0. The van der Waals surface area contributed by atoms with Gasteiger partial charge in [-0.3, -0.25) is 4.68 Å². The lowest BCUT2D eigenvalue weighted by Crippen LogP contribution is -2.01. The first-order valence-corrected chi connectivity index (χ1v) is 6.10. The Kier molecular flexibility index (Phi) is 8.09. The summed E-state index contributed by atoms with van der Waals surface area (Å²) in [5, 5.41) is 5.47. The molecule has 0 fully saturated rings. The quantitative estimate of drug-likeness (QED) is 0.718. The van der Waals surface area contributed by atoms with Crippen molar-refractivity contribution in [2.75, 3.05) is 12.8 Å². The van der Waals surface area contributed by atoms with E-state index in [4.69, 9.17) is 10.5 Å². The number of hydrogen-bond acceptors (Lipinski definition) is 3. The highest BCUT2D eigenvalue weighted by Crippen LogP contribution is 2.19. The third kappa shape index (κ3) is 4.19. The van der Waals surface area contributed by atoms with E-state index in [9.17, 15) is 0 Å². The summed E-state index contributed by atoms with van der Waals surface area (Å²) in [6.07, 6.45) is 1.84. The van der Waals surface area contributed by atoms with Gasteiger partial charge in [-0.25, -0.2) is 0 Å². The normalized spacial score (nSPS) is 9.32. The standard InChI is InChI=1S/C15H15N3O.3ClH/c1-19-14-5-2-11(3-6-14)10-18-15-7-4-13(16)8-12(15)9-17-18;;;/h2-9H,10,16H2,1H3;3*1H. The number of benzene rings is 2. The van der Waals surface area contributed by atoms with Gasteiger partial charge in [-0.05, 0) is 35.9 Å². The fourth-order valence-electron chi connectivity index (χ4n) is 2.14. The second kappa shape index (κ2) is 8.73. The van der Waals surface area contributed by atoms with Crippen molar-refractivity contribution in [3.63, 3.8) is 0 Å². The number of hydrogen-bond donors (Lipinski definition) is 1. The van der Waals surface area contributed by atoms with Gasteiger partial charge in [0.2, 0.25) is 0 Å². The highest BCUT2D eigenvalue weighted by Gasteiger charge is 2.03. The molecule has 0 unspecified atom stereocenters. The molecule has 22 heavy (non-hydrogen) atoms. The Hall–Kier alpha value is -1.62. The number of halogens is 3. The zero-order valence-electron chi connectivity index (χ0n) is 11.9. The average molecular weight is 363 g/mol. The molecule has 120 valence electrons. The zero-order chi connectivity index (χ0) is 13.2. The number of aromatic nitrogens is 2. The van der Waals surface area contributed by atoms with E-state index in [0.29, 0.717) is 0 Å².